The van der Waals surface area contributed by atoms with Crippen molar-refractivity contribution in [2.45, 2.75) is 64.5 Å². The van der Waals surface area contributed by atoms with Crippen LogP contribution in [0.5, 0.6) is 0 Å². The highest BCUT2D eigenvalue weighted by Crippen LogP contribution is 2.33. The van der Waals surface area contributed by atoms with Crippen molar-refractivity contribution in [2.24, 2.45) is 0 Å². The van der Waals surface area contributed by atoms with Crippen LogP contribution in [0, 0.1) is 6.92 Å². The number of hydrogen-bond donors (Lipinski definition) is 1. The molecule has 1 aromatic rings. The van der Waals surface area contributed by atoms with Gasteiger partial charge in [-0.05, 0) is 38.3 Å². The second kappa shape index (κ2) is 7.60. The van der Waals surface area contributed by atoms with Crippen LogP contribution in [0.4, 0.5) is 0 Å². The number of likely N-dealkylation sites (tertiary alicyclic amines) is 1. The third kappa shape index (κ3) is 4.07. The molecule has 1 N–H and O–H groups in total. The van der Waals surface area contributed by atoms with Crippen LogP contribution in [0.1, 0.15) is 62.6 Å². The first kappa shape index (κ1) is 16.0. The Morgan fingerprint density at radius 3 is 2.90 bits per heavy atom. The summed E-state index contributed by atoms with van der Waals surface area (Å²) in [6.07, 6.45) is 6.25. The van der Waals surface area contributed by atoms with E-state index in [0.717, 1.165) is 45.1 Å². The predicted molar refractivity (Wildman–Crippen MR) is 85.4 cm³/mol. The molecule has 0 spiro atoms. The Hall–Kier alpha value is -1.35. The van der Waals surface area contributed by atoms with Crippen LogP contribution in [0.15, 0.2) is 24.3 Å². The maximum Gasteiger partial charge on any atom is 0.320 e. The molecule has 2 atom stereocenters. The second-order valence-corrected chi connectivity index (χ2v) is 6.16. The number of carboxylic acid groups (broad SMARTS) is 1. The number of unbranched alkanes of at least 4 members (excludes halogenated alkanes) is 1. The van der Waals surface area contributed by atoms with Crippen molar-refractivity contribution < 1.29 is 9.90 Å². The Morgan fingerprint density at radius 1 is 1.43 bits per heavy atom. The van der Waals surface area contributed by atoms with Crippen LogP contribution in [-0.4, -0.2) is 28.6 Å². The zero-order chi connectivity index (χ0) is 15.2. The van der Waals surface area contributed by atoms with Gasteiger partial charge in [-0.15, -0.1) is 0 Å². The minimum absolute atomic E-state index is 0.242. The number of carboxylic acids is 1. The van der Waals surface area contributed by atoms with Crippen molar-refractivity contribution in [1.29, 1.82) is 0 Å². The Labute approximate surface area is 128 Å². The lowest BCUT2D eigenvalue weighted by atomic mass is 9.92. The molecule has 1 heterocycles. The molecule has 1 fully saturated rings. The van der Waals surface area contributed by atoms with Gasteiger partial charge in [0.1, 0.15) is 6.04 Å². The summed E-state index contributed by atoms with van der Waals surface area (Å²) >= 11 is 0. The fraction of sp³-hybridized carbons (Fsp3) is 0.611. The van der Waals surface area contributed by atoms with E-state index in [-0.39, 0.29) is 12.1 Å². The van der Waals surface area contributed by atoms with Gasteiger partial charge in [-0.25, -0.2) is 0 Å². The summed E-state index contributed by atoms with van der Waals surface area (Å²) in [7, 11) is 0. The molecule has 3 nitrogen and oxygen atoms in total. The van der Waals surface area contributed by atoms with Gasteiger partial charge in [-0.2, -0.15) is 0 Å². The van der Waals surface area contributed by atoms with Gasteiger partial charge in [-0.3, -0.25) is 9.69 Å². The molecule has 116 valence electrons. The Bertz CT molecular complexity index is 472. The fourth-order valence-corrected chi connectivity index (χ4v) is 3.39. The molecular formula is C18H27NO2. The molecule has 0 amide bonds. The van der Waals surface area contributed by atoms with E-state index in [2.05, 4.69) is 43.0 Å². The molecule has 0 aliphatic carbocycles. The number of hydrogen-bond acceptors (Lipinski definition) is 2. The van der Waals surface area contributed by atoms with Crippen LogP contribution in [0.25, 0.3) is 0 Å². The largest absolute Gasteiger partial charge is 0.480 e. The highest BCUT2D eigenvalue weighted by atomic mass is 16.4. The van der Waals surface area contributed by atoms with Gasteiger partial charge in [0.25, 0.3) is 0 Å². The average molecular weight is 289 g/mol. The number of piperidine rings is 1. The van der Waals surface area contributed by atoms with E-state index in [4.69, 9.17) is 0 Å². The third-order valence-electron chi connectivity index (χ3n) is 4.49. The minimum Gasteiger partial charge on any atom is -0.480 e. The van der Waals surface area contributed by atoms with Gasteiger partial charge in [0.2, 0.25) is 0 Å². The van der Waals surface area contributed by atoms with E-state index < -0.39 is 5.97 Å². The summed E-state index contributed by atoms with van der Waals surface area (Å²) < 4.78 is 0. The lowest BCUT2D eigenvalue weighted by Gasteiger charge is -2.39. The smallest absolute Gasteiger partial charge is 0.320 e. The first-order valence-electron chi connectivity index (χ1n) is 8.18. The molecule has 21 heavy (non-hydrogen) atoms. The number of nitrogens with zero attached hydrogens (tertiary/aromatic N) is 1. The number of aliphatic carboxylic acids is 1. The molecule has 2 rings (SSSR count). The fourth-order valence-electron chi connectivity index (χ4n) is 3.39. The van der Waals surface area contributed by atoms with Crippen molar-refractivity contribution in [3.8, 4) is 0 Å². The van der Waals surface area contributed by atoms with Crippen molar-refractivity contribution in [3.05, 3.63) is 35.4 Å². The third-order valence-corrected chi connectivity index (χ3v) is 4.49. The summed E-state index contributed by atoms with van der Waals surface area (Å²) in [5, 5.41) is 9.54. The summed E-state index contributed by atoms with van der Waals surface area (Å²) in [5.41, 5.74) is 2.52. The van der Waals surface area contributed by atoms with Crippen molar-refractivity contribution in [1.82, 2.24) is 4.90 Å². The lowest BCUT2D eigenvalue weighted by Crippen LogP contribution is -2.46. The van der Waals surface area contributed by atoms with Gasteiger partial charge in [-0.1, -0.05) is 56.0 Å². The van der Waals surface area contributed by atoms with Gasteiger partial charge < -0.3 is 5.11 Å². The van der Waals surface area contributed by atoms with Gasteiger partial charge >= 0.3 is 5.97 Å². The van der Waals surface area contributed by atoms with Crippen molar-refractivity contribution in [3.63, 3.8) is 0 Å². The number of rotatable bonds is 6. The van der Waals surface area contributed by atoms with Crippen molar-refractivity contribution in [2.75, 3.05) is 6.54 Å². The van der Waals surface area contributed by atoms with Crippen LogP contribution >= 0.6 is 0 Å². The zero-order valence-electron chi connectivity index (χ0n) is 13.2. The topological polar surface area (TPSA) is 40.5 Å². The minimum atomic E-state index is -0.663. The van der Waals surface area contributed by atoms with Crippen LogP contribution in [-0.2, 0) is 4.79 Å². The maximum atomic E-state index is 11.6. The first-order chi connectivity index (χ1) is 10.1. The predicted octanol–water partition coefficient (Wildman–Crippen LogP) is 4.17. The van der Waals surface area contributed by atoms with Gasteiger partial charge in [0.15, 0.2) is 0 Å². The summed E-state index contributed by atoms with van der Waals surface area (Å²) in [5.74, 6) is -0.663. The number of carbonyl (C=O) groups is 1. The zero-order valence-corrected chi connectivity index (χ0v) is 13.2. The normalized spacial score (nSPS) is 21.1. The van der Waals surface area contributed by atoms with Crippen molar-refractivity contribution >= 4 is 5.97 Å². The summed E-state index contributed by atoms with van der Waals surface area (Å²) in [4.78, 5) is 13.8. The van der Waals surface area contributed by atoms with Crippen LogP contribution in [0.2, 0.25) is 0 Å². The second-order valence-electron chi connectivity index (χ2n) is 6.16. The van der Waals surface area contributed by atoms with E-state index in [1.165, 1.54) is 11.1 Å². The molecule has 3 heteroatoms. The SMILES string of the molecule is CCCCC(c1cccc(C)c1)N1CCCCC1C(=O)O. The monoisotopic (exact) mass is 289 g/mol. The molecule has 0 aromatic heterocycles. The van der Waals surface area contributed by atoms with Gasteiger partial charge in [0.05, 0.1) is 0 Å². The van der Waals surface area contributed by atoms with E-state index >= 15 is 0 Å². The Kier molecular flexibility index (Phi) is 5.80. The standard InChI is InChI=1S/C18H27NO2/c1-3-4-10-16(15-9-7-8-14(2)13-15)19-12-6-5-11-17(19)18(20)21/h7-9,13,16-17H,3-6,10-12H2,1-2H3,(H,20,21). The van der Waals surface area contributed by atoms with E-state index in [1.54, 1.807) is 0 Å². The quantitative estimate of drug-likeness (QED) is 0.854. The average Bonchev–Trinajstić information content (AvgIpc) is 2.48. The van der Waals surface area contributed by atoms with Crippen LogP contribution < -0.4 is 0 Å². The van der Waals surface area contributed by atoms with Crippen LogP contribution in [0.3, 0.4) is 0 Å². The van der Waals surface area contributed by atoms with E-state index in [9.17, 15) is 9.90 Å². The number of aryl methyl sites for hydroxylation is 1. The number of benzene rings is 1. The molecular weight excluding hydrogens is 262 g/mol. The van der Waals surface area contributed by atoms with E-state index in [1.807, 2.05) is 0 Å². The molecule has 0 saturated carbocycles. The molecule has 1 aliphatic rings. The molecule has 1 aromatic carbocycles. The summed E-state index contributed by atoms with van der Waals surface area (Å²) in [6, 6.07) is 8.48. The highest BCUT2D eigenvalue weighted by molar-refractivity contribution is 5.73. The molecule has 0 radical (unpaired) electrons. The molecule has 1 aliphatic heterocycles. The molecule has 0 bridgehead atoms. The van der Waals surface area contributed by atoms with Gasteiger partial charge in [0, 0.05) is 6.04 Å². The Balaban J connectivity index is 2.27. The highest BCUT2D eigenvalue weighted by Gasteiger charge is 2.33. The maximum absolute atomic E-state index is 11.6. The lowest BCUT2D eigenvalue weighted by molar-refractivity contribution is -0.146. The molecule has 1 saturated heterocycles. The first-order valence-corrected chi connectivity index (χ1v) is 8.18. The Morgan fingerprint density at radius 2 is 2.24 bits per heavy atom. The van der Waals surface area contributed by atoms with E-state index in [0.29, 0.717) is 0 Å². The molecule has 2 unspecified atom stereocenters. The summed E-state index contributed by atoms with van der Waals surface area (Å²) in [6.45, 7) is 5.20.